The number of benzene rings is 1. The smallest absolute Gasteiger partial charge is 0.224 e. The molecule has 0 aliphatic carbocycles. The van der Waals surface area contributed by atoms with Crippen molar-refractivity contribution in [2.24, 2.45) is 0 Å². The number of anilines is 1. The highest BCUT2D eigenvalue weighted by atomic mass is 35.5. The van der Waals surface area contributed by atoms with Gasteiger partial charge < -0.3 is 5.32 Å². The molecule has 0 radical (unpaired) electrons. The molecule has 15 heavy (non-hydrogen) atoms. The van der Waals surface area contributed by atoms with Gasteiger partial charge in [-0.15, -0.1) is 11.6 Å². The van der Waals surface area contributed by atoms with Gasteiger partial charge in [0.05, 0.1) is 5.69 Å². The second kappa shape index (κ2) is 5.93. The monoisotopic (exact) mass is 249 g/mol. The molecular formula is C10H10Cl2FNO. The maximum atomic E-state index is 13.2. The summed E-state index contributed by atoms with van der Waals surface area (Å²) in [5, 5.41) is 2.74. The van der Waals surface area contributed by atoms with E-state index >= 15 is 0 Å². The molecule has 0 spiro atoms. The molecule has 82 valence electrons. The van der Waals surface area contributed by atoms with Crippen LogP contribution in [-0.2, 0) is 4.79 Å². The van der Waals surface area contributed by atoms with Crippen molar-refractivity contribution in [2.45, 2.75) is 12.8 Å². The fourth-order valence-corrected chi connectivity index (χ4v) is 1.32. The Kier molecular flexibility index (Phi) is 4.85. The second-order valence-electron chi connectivity index (χ2n) is 2.96. The Morgan fingerprint density at radius 2 is 2.20 bits per heavy atom. The van der Waals surface area contributed by atoms with E-state index in [-0.39, 0.29) is 18.0 Å². The Bertz CT molecular complexity index is 357. The van der Waals surface area contributed by atoms with E-state index in [0.29, 0.717) is 17.3 Å². The van der Waals surface area contributed by atoms with Crippen LogP contribution < -0.4 is 5.32 Å². The van der Waals surface area contributed by atoms with Crippen LogP contribution >= 0.6 is 23.2 Å². The zero-order valence-electron chi connectivity index (χ0n) is 7.90. The molecule has 1 rings (SSSR count). The summed E-state index contributed by atoms with van der Waals surface area (Å²) in [6.45, 7) is 0. The SMILES string of the molecule is O=C(CCCCl)Nc1ccc(Cl)cc1F. The highest BCUT2D eigenvalue weighted by Gasteiger charge is 2.06. The van der Waals surface area contributed by atoms with E-state index < -0.39 is 5.82 Å². The number of carbonyl (C=O) groups excluding carboxylic acids is 1. The van der Waals surface area contributed by atoms with E-state index in [1.165, 1.54) is 12.1 Å². The lowest BCUT2D eigenvalue weighted by molar-refractivity contribution is -0.116. The van der Waals surface area contributed by atoms with Gasteiger partial charge in [-0.1, -0.05) is 11.6 Å². The van der Waals surface area contributed by atoms with Crippen molar-refractivity contribution in [3.63, 3.8) is 0 Å². The molecule has 0 aliphatic rings. The standard InChI is InChI=1S/C10H10Cl2FNO/c11-5-1-2-10(15)14-9-4-3-7(12)6-8(9)13/h3-4,6H,1-2,5H2,(H,14,15). The van der Waals surface area contributed by atoms with Crippen molar-refractivity contribution >= 4 is 34.8 Å². The Morgan fingerprint density at radius 1 is 1.47 bits per heavy atom. The Labute approximate surface area is 97.4 Å². The Balaban J connectivity index is 2.60. The number of nitrogens with one attached hydrogen (secondary N) is 1. The van der Waals surface area contributed by atoms with Gasteiger partial charge >= 0.3 is 0 Å². The van der Waals surface area contributed by atoms with Crippen LogP contribution in [0, 0.1) is 5.82 Å². The summed E-state index contributed by atoms with van der Waals surface area (Å²) in [5.41, 5.74) is 0.138. The molecule has 0 aliphatic heterocycles. The predicted molar refractivity (Wildman–Crippen MR) is 60.0 cm³/mol. The zero-order valence-corrected chi connectivity index (χ0v) is 9.41. The molecule has 0 unspecified atom stereocenters. The van der Waals surface area contributed by atoms with Crippen molar-refractivity contribution in [3.8, 4) is 0 Å². The Hall–Kier alpha value is -0.800. The number of rotatable bonds is 4. The van der Waals surface area contributed by atoms with Crippen LogP contribution in [0.3, 0.4) is 0 Å². The van der Waals surface area contributed by atoms with E-state index in [9.17, 15) is 9.18 Å². The average Bonchev–Trinajstić information content (AvgIpc) is 2.19. The third kappa shape index (κ3) is 4.06. The van der Waals surface area contributed by atoms with Crippen LogP contribution in [0.15, 0.2) is 18.2 Å². The fourth-order valence-electron chi connectivity index (χ4n) is 1.03. The minimum atomic E-state index is -0.540. The number of halogens is 3. The Morgan fingerprint density at radius 3 is 2.80 bits per heavy atom. The predicted octanol–water partition coefficient (Wildman–Crippen LogP) is 3.44. The molecule has 0 heterocycles. The lowest BCUT2D eigenvalue weighted by Crippen LogP contribution is -2.12. The number of alkyl halides is 1. The highest BCUT2D eigenvalue weighted by molar-refractivity contribution is 6.30. The van der Waals surface area contributed by atoms with Gasteiger partial charge in [0.2, 0.25) is 5.91 Å². The van der Waals surface area contributed by atoms with Gasteiger partial charge in [0.25, 0.3) is 0 Å². The molecule has 0 fully saturated rings. The summed E-state index contributed by atoms with van der Waals surface area (Å²) in [5.74, 6) is -0.380. The van der Waals surface area contributed by atoms with Crippen molar-refractivity contribution in [2.75, 3.05) is 11.2 Å². The zero-order chi connectivity index (χ0) is 11.3. The summed E-state index contributed by atoms with van der Waals surface area (Å²) < 4.78 is 13.2. The van der Waals surface area contributed by atoms with Crippen molar-refractivity contribution in [3.05, 3.63) is 29.0 Å². The van der Waals surface area contributed by atoms with Gasteiger partial charge in [-0.25, -0.2) is 4.39 Å². The van der Waals surface area contributed by atoms with E-state index in [0.717, 1.165) is 6.07 Å². The molecule has 2 nitrogen and oxygen atoms in total. The normalized spacial score (nSPS) is 10.1. The minimum absolute atomic E-state index is 0.138. The topological polar surface area (TPSA) is 29.1 Å². The van der Waals surface area contributed by atoms with Gasteiger partial charge in [0.15, 0.2) is 0 Å². The largest absolute Gasteiger partial charge is 0.324 e. The van der Waals surface area contributed by atoms with Crippen molar-refractivity contribution in [1.29, 1.82) is 0 Å². The van der Waals surface area contributed by atoms with Crippen LogP contribution in [0.5, 0.6) is 0 Å². The molecule has 0 aromatic heterocycles. The summed E-state index contributed by atoms with van der Waals surface area (Å²) in [7, 11) is 0. The van der Waals surface area contributed by atoms with Gasteiger partial charge in [0.1, 0.15) is 5.82 Å². The van der Waals surface area contributed by atoms with Gasteiger partial charge in [0, 0.05) is 17.3 Å². The van der Waals surface area contributed by atoms with Crippen molar-refractivity contribution < 1.29 is 9.18 Å². The lowest BCUT2D eigenvalue weighted by Gasteiger charge is -2.05. The first-order valence-corrected chi connectivity index (χ1v) is 5.35. The maximum absolute atomic E-state index is 13.2. The van der Waals surface area contributed by atoms with E-state index in [4.69, 9.17) is 23.2 Å². The second-order valence-corrected chi connectivity index (χ2v) is 3.78. The average molecular weight is 250 g/mol. The molecule has 0 bridgehead atoms. The highest BCUT2D eigenvalue weighted by Crippen LogP contribution is 2.18. The maximum Gasteiger partial charge on any atom is 0.224 e. The molecular weight excluding hydrogens is 240 g/mol. The molecule has 1 aromatic carbocycles. The molecule has 0 saturated heterocycles. The first-order valence-electron chi connectivity index (χ1n) is 4.44. The molecule has 0 saturated carbocycles. The molecule has 0 atom stereocenters. The van der Waals surface area contributed by atoms with E-state index in [1.54, 1.807) is 0 Å². The summed E-state index contributed by atoms with van der Waals surface area (Å²) >= 11 is 11.0. The van der Waals surface area contributed by atoms with Gasteiger partial charge in [-0.05, 0) is 24.6 Å². The van der Waals surface area contributed by atoms with Crippen LogP contribution in [0.2, 0.25) is 5.02 Å². The number of hydrogen-bond donors (Lipinski definition) is 1. The lowest BCUT2D eigenvalue weighted by atomic mass is 10.2. The fraction of sp³-hybridized carbons (Fsp3) is 0.300. The third-order valence-corrected chi connectivity index (χ3v) is 2.25. The summed E-state index contributed by atoms with van der Waals surface area (Å²) in [6.07, 6.45) is 0.855. The third-order valence-electron chi connectivity index (χ3n) is 1.74. The minimum Gasteiger partial charge on any atom is -0.324 e. The first-order chi connectivity index (χ1) is 7.13. The van der Waals surface area contributed by atoms with E-state index in [2.05, 4.69) is 5.32 Å². The van der Waals surface area contributed by atoms with Crippen LogP contribution in [0.25, 0.3) is 0 Å². The van der Waals surface area contributed by atoms with Crippen LogP contribution in [0.1, 0.15) is 12.8 Å². The van der Waals surface area contributed by atoms with Crippen LogP contribution in [-0.4, -0.2) is 11.8 Å². The summed E-state index contributed by atoms with van der Waals surface area (Å²) in [4.78, 5) is 11.2. The first kappa shape index (κ1) is 12.3. The summed E-state index contributed by atoms with van der Waals surface area (Å²) in [6, 6.07) is 4.09. The quantitative estimate of drug-likeness (QED) is 0.815. The number of amides is 1. The van der Waals surface area contributed by atoms with Gasteiger partial charge in [-0.3, -0.25) is 4.79 Å². The van der Waals surface area contributed by atoms with E-state index in [1.807, 2.05) is 0 Å². The van der Waals surface area contributed by atoms with Gasteiger partial charge in [-0.2, -0.15) is 0 Å². The molecule has 5 heteroatoms. The molecule has 1 amide bonds. The number of carbonyl (C=O) groups is 1. The van der Waals surface area contributed by atoms with Crippen molar-refractivity contribution in [1.82, 2.24) is 0 Å². The molecule has 1 N–H and O–H groups in total. The molecule has 1 aromatic rings. The van der Waals surface area contributed by atoms with Crippen LogP contribution in [0.4, 0.5) is 10.1 Å². The number of hydrogen-bond acceptors (Lipinski definition) is 1.